The molecule has 1 aromatic carbocycles. The van der Waals surface area contributed by atoms with E-state index >= 15 is 0 Å². The topological polar surface area (TPSA) is 74.7 Å². The van der Waals surface area contributed by atoms with Crippen LogP contribution >= 0.6 is 11.8 Å². The molecule has 0 aliphatic carbocycles. The van der Waals surface area contributed by atoms with Gasteiger partial charge in [0.25, 0.3) is 0 Å². The molecule has 1 aliphatic heterocycles. The largest absolute Gasteiger partial charge is 0.478 e. The van der Waals surface area contributed by atoms with E-state index in [0.29, 0.717) is 23.9 Å². The van der Waals surface area contributed by atoms with Crippen LogP contribution in [0.15, 0.2) is 24.3 Å². The summed E-state index contributed by atoms with van der Waals surface area (Å²) in [6.07, 6.45) is 0. The predicted octanol–water partition coefficient (Wildman–Crippen LogP) is 1.65. The van der Waals surface area contributed by atoms with Gasteiger partial charge in [-0.1, -0.05) is 19.1 Å². The molecule has 1 aromatic rings. The van der Waals surface area contributed by atoms with Gasteiger partial charge in [-0.25, -0.2) is 13.2 Å². The van der Waals surface area contributed by atoms with Gasteiger partial charge in [0, 0.05) is 24.1 Å². The van der Waals surface area contributed by atoms with Crippen LogP contribution in [0.25, 0.3) is 0 Å². The van der Waals surface area contributed by atoms with Crippen molar-refractivity contribution in [3.63, 3.8) is 0 Å². The molecule has 1 heterocycles. The first-order valence-electron chi connectivity index (χ1n) is 6.30. The fourth-order valence-corrected chi connectivity index (χ4v) is 4.92. The minimum Gasteiger partial charge on any atom is -0.478 e. The first-order valence-corrected chi connectivity index (χ1v) is 8.96. The number of nitrogens with zero attached hydrogens (tertiary/aromatic N) is 1. The van der Waals surface area contributed by atoms with E-state index in [4.69, 9.17) is 5.11 Å². The van der Waals surface area contributed by atoms with Crippen LogP contribution < -0.4 is 0 Å². The zero-order valence-corrected chi connectivity index (χ0v) is 12.8. The SMILES string of the molecule is CC1CN(S(=O)(=O)Cc2ccc(C(=O)O)cc2)CCS1. The Balaban J connectivity index is 2.09. The van der Waals surface area contributed by atoms with Crippen molar-refractivity contribution in [3.8, 4) is 0 Å². The lowest BCUT2D eigenvalue weighted by molar-refractivity contribution is 0.0697. The Hall–Kier alpha value is -1.05. The number of hydrogen-bond acceptors (Lipinski definition) is 4. The summed E-state index contributed by atoms with van der Waals surface area (Å²) in [7, 11) is -3.33. The summed E-state index contributed by atoms with van der Waals surface area (Å²) in [6.45, 7) is 3.11. The lowest BCUT2D eigenvalue weighted by Gasteiger charge is -2.29. The Morgan fingerprint density at radius 2 is 2.05 bits per heavy atom. The Labute approximate surface area is 123 Å². The second-order valence-corrected chi connectivity index (χ2v) is 8.31. The van der Waals surface area contributed by atoms with Crippen LogP contribution in [0, 0.1) is 0 Å². The average molecular weight is 315 g/mol. The van der Waals surface area contributed by atoms with Gasteiger partial charge in [-0.2, -0.15) is 16.1 Å². The Morgan fingerprint density at radius 3 is 2.60 bits per heavy atom. The quantitative estimate of drug-likeness (QED) is 0.914. The highest BCUT2D eigenvalue weighted by Crippen LogP contribution is 2.22. The molecule has 0 bridgehead atoms. The number of aromatic carboxylic acids is 1. The predicted molar refractivity (Wildman–Crippen MR) is 79.5 cm³/mol. The molecule has 0 saturated carbocycles. The third-order valence-corrected chi connectivity index (χ3v) is 6.10. The minimum absolute atomic E-state index is 0.0791. The molecular formula is C13H17NO4S2. The van der Waals surface area contributed by atoms with Gasteiger partial charge in [0.15, 0.2) is 0 Å². The third kappa shape index (κ3) is 3.74. The number of benzene rings is 1. The lowest BCUT2D eigenvalue weighted by atomic mass is 10.1. The fraction of sp³-hybridized carbons (Fsp3) is 0.462. The molecule has 0 spiro atoms. The van der Waals surface area contributed by atoms with Crippen molar-refractivity contribution >= 4 is 27.8 Å². The van der Waals surface area contributed by atoms with Crippen molar-refractivity contribution in [1.82, 2.24) is 4.31 Å². The van der Waals surface area contributed by atoms with Crippen molar-refractivity contribution < 1.29 is 18.3 Å². The smallest absolute Gasteiger partial charge is 0.335 e. The molecule has 0 aromatic heterocycles. The molecule has 1 aliphatic rings. The molecule has 1 N–H and O–H groups in total. The maximum atomic E-state index is 12.3. The van der Waals surface area contributed by atoms with Gasteiger partial charge in [-0.05, 0) is 17.7 Å². The zero-order valence-electron chi connectivity index (χ0n) is 11.2. The fourth-order valence-electron chi connectivity index (χ4n) is 2.08. The number of carbonyl (C=O) groups is 1. The van der Waals surface area contributed by atoms with E-state index in [9.17, 15) is 13.2 Å². The molecule has 1 unspecified atom stereocenters. The molecule has 20 heavy (non-hydrogen) atoms. The average Bonchev–Trinajstić information content (AvgIpc) is 2.39. The zero-order chi connectivity index (χ0) is 14.8. The minimum atomic E-state index is -3.33. The number of hydrogen-bond donors (Lipinski definition) is 1. The van der Waals surface area contributed by atoms with Crippen LogP contribution in [0.5, 0.6) is 0 Å². The highest BCUT2D eigenvalue weighted by Gasteiger charge is 2.27. The maximum Gasteiger partial charge on any atom is 0.335 e. The molecule has 0 amide bonds. The standard InChI is InChI=1S/C13H17NO4S2/c1-10-8-14(6-7-19-10)20(17,18)9-11-2-4-12(5-3-11)13(15)16/h2-5,10H,6-9H2,1H3,(H,15,16). The number of carboxylic acid groups (broad SMARTS) is 1. The van der Waals surface area contributed by atoms with E-state index in [1.54, 1.807) is 23.9 Å². The van der Waals surface area contributed by atoms with E-state index in [1.807, 2.05) is 6.92 Å². The van der Waals surface area contributed by atoms with Crippen molar-refractivity contribution in [2.75, 3.05) is 18.8 Å². The molecule has 1 atom stereocenters. The van der Waals surface area contributed by atoms with Gasteiger partial charge in [0.2, 0.25) is 10.0 Å². The number of rotatable bonds is 4. The molecule has 2 rings (SSSR count). The molecule has 110 valence electrons. The second-order valence-electron chi connectivity index (χ2n) is 4.80. The van der Waals surface area contributed by atoms with Crippen molar-refractivity contribution in [2.45, 2.75) is 17.9 Å². The van der Waals surface area contributed by atoms with Crippen LogP contribution in [-0.2, 0) is 15.8 Å². The summed E-state index contributed by atoms with van der Waals surface area (Å²) in [5.41, 5.74) is 0.773. The highest BCUT2D eigenvalue weighted by molar-refractivity contribution is 8.00. The number of carboxylic acids is 1. The van der Waals surface area contributed by atoms with E-state index in [2.05, 4.69) is 0 Å². The highest BCUT2D eigenvalue weighted by atomic mass is 32.2. The summed E-state index contributed by atoms with van der Waals surface area (Å²) in [5.74, 6) is -0.274. The first kappa shape index (κ1) is 15.3. The Bertz CT molecular complexity index is 583. The van der Waals surface area contributed by atoms with Gasteiger partial charge in [-0.3, -0.25) is 0 Å². The van der Waals surface area contributed by atoms with Crippen molar-refractivity contribution in [3.05, 3.63) is 35.4 Å². The third-order valence-electron chi connectivity index (χ3n) is 3.15. The summed E-state index contributed by atoms with van der Waals surface area (Å²) < 4.78 is 26.2. The molecule has 0 radical (unpaired) electrons. The van der Waals surface area contributed by atoms with Gasteiger partial charge < -0.3 is 5.11 Å². The summed E-state index contributed by atoms with van der Waals surface area (Å²) >= 11 is 1.78. The molecule has 1 fully saturated rings. The monoisotopic (exact) mass is 315 g/mol. The van der Waals surface area contributed by atoms with Crippen molar-refractivity contribution in [2.24, 2.45) is 0 Å². The Morgan fingerprint density at radius 1 is 1.40 bits per heavy atom. The lowest BCUT2D eigenvalue weighted by Crippen LogP contribution is -2.41. The van der Waals surface area contributed by atoms with Gasteiger partial charge >= 0.3 is 5.97 Å². The summed E-state index contributed by atoms with van der Waals surface area (Å²) in [4.78, 5) is 10.8. The number of thioether (sulfide) groups is 1. The molecule has 7 heteroatoms. The van der Waals surface area contributed by atoms with Crippen LogP contribution in [0.2, 0.25) is 0 Å². The van der Waals surface area contributed by atoms with Crippen LogP contribution in [-0.4, -0.2) is 47.9 Å². The van der Waals surface area contributed by atoms with Crippen LogP contribution in [0.3, 0.4) is 0 Å². The van der Waals surface area contributed by atoms with Crippen molar-refractivity contribution in [1.29, 1.82) is 0 Å². The molecule has 5 nitrogen and oxygen atoms in total. The molecular weight excluding hydrogens is 298 g/mol. The van der Waals surface area contributed by atoms with Gasteiger partial charge in [0.05, 0.1) is 11.3 Å². The molecule has 1 saturated heterocycles. The number of sulfonamides is 1. The summed E-state index contributed by atoms with van der Waals surface area (Å²) in [5, 5.41) is 9.13. The normalized spacial score (nSPS) is 20.8. The van der Waals surface area contributed by atoms with E-state index in [1.165, 1.54) is 16.4 Å². The van der Waals surface area contributed by atoms with Gasteiger partial charge in [-0.15, -0.1) is 0 Å². The first-order chi connectivity index (χ1) is 9.38. The van der Waals surface area contributed by atoms with Gasteiger partial charge in [0.1, 0.15) is 0 Å². The van der Waals surface area contributed by atoms with E-state index < -0.39 is 16.0 Å². The van der Waals surface area contributed by atoms with E-state index in [0.717, 1.165) is 5.75 Å². The van der Waals surface area contributed by atoms with Crippen LogP contribution in [0.4, 0.5) is 0 Å². The van der Waals surface area contributed by atoms with E-state index in [-0.39, 0.29) is 11.3 Å². The van der Waals surface area contributed by atoms with Crippen LogP contribution in [0.1, 0.15) is 22.8 Å². The maximum absolute atomic E-state index is 12.3. The Kier molecular flexibility index (Phi) is 4.72. The second kappa shape index (κ2) is 6.15. The summed E-state index contributed by atoms with van der Waals surface area (Å²) in [6, 6.07) is 5.98.